The third-order valence-electron chi connectivity index (χ3n) is 1.42. The number of hydrogen-bond donors (Lipinski definition) is 1. The fourth-order valence-corrected chi connectivity index (χ4v) is 0.732. The number of nitrogens with two attached hydrogens (primary N) is 1. The lowest BCUT2D eigenvalue weighted by Crippen LogP contribution is -1.92. The van der Waals surface area contributed by atoms with Crippen molar-refractivity contribution in [1.29, 1.82) is 0 Å². The molecule has 0 saturated carbocycles. The summed E-state index contributed by atoms with van der Waals surface area (Å²) in [6.45, 7) is 9.19. The van der Waals surface area contributed by atoms with Crippen LogP contribution in [0.2, 0.25) is 0 Å². The Hall–Kier alpha value is -0.950. The summed E-state index contributed by atoms with van der Waals surface area (Å²) in [7, 11) is 0. The van der Waals surface area contributed by atoms with E-state index in [9.17, 15) is 0 Å². The maximum absolute atomic E-state index is 5.83. The molecule has 0 amide bonds. The first-order chi connectivity index (χ1) is 6.04. The average molecular weight is 198 g/mol. The van der Waals surface area contributed by atoms with Crippen LogP contribution in [0.15, 0.2) is 47.7 Å². The minimum atomic E-state index is 0.683. The molecule has 0 aromatic carbocycles. The Morgan fingerprint density at radius 2 is 2.08 bits per heavy atom. The quantitative estimate of drug-likeness (QED) is 0.671. The van der Waals surface area contributed by atoms with E-state index in [1.165, 1.54) is 0 Å². The first-order valence-electron chi connectivity index (χ1n) is 4.15. The predicted octanol–water partition coefficient (Wildman–Crippen LogP) is 3.49. The molecule has 0 aliphatic heterocycles. The lowest BCUT2D eigenvalue weighted by atomic mass is 10.2. The van der Waals surface area contributed by atoms with Crippen molar-refractivity contribution < 1.29 is 0 Å². The van der Waals surface area contributed by atoms with Gasteiger partial charge in [-0.05, 0) is 31.4 Å². The molecule has 0 radical (unpaired) electrons. The van der Waals surface area contributed by atoms with Gasteiger partial charge < -0.3 is 5.73 Å². The largest absolute Gasteiger partial charge is 0.403 e. The fourth-order valence-electron chi connectivity index (χ4n) is 0.660. The van der Waals surface area contributed by atoms with Crippen molar-refractivity contribution in [3.8, 4) is 0 Å². The molecule has 0 rings (SSSR count). The zero-order valence-corrected chi connectivity index (χ0v) is 8.77. The maximum atomic E-state index is 5.83. The monoisotopic (exact) mass is 197 g/mol. The summed E-state index contributed by atoms with van der Waals surface area (Å²) in [4.78, 5) is 0. The van der Waals surface area contributed by atoms with E-state index in [4.69, 9.17) is 17.3 Å². The zero-order valence-electron chi connectivity index (χ0n) is 8.02. The van der Waals surface area contributed by atoms with Crippen molar-refractivity contribution in [1.82, 2.24) is 0 Å². The zero-order chi connectivity index (χ0) is 10.3. The summed E-state index contributed by atoms with van der Waals surface area (Å²) in [5.74, 6) is 0. The van der Waals surface area contributed by atoms with E-state index < -0.39 is 0 Å². The van der Waals surface area contributed by atoms with E-state index in [0.29, 0.717) is 10.7 Å². The SMILES string of the molecule is C=C(N)CC/C=C/C=C(/Cl)C(=C)C. The molecule has 0 heterocycles. The van der Waals surface area contributed by atoms with Gasteiger partial charge in [-0.1, -0.05) is 36.9 Å². The van der Waals surface area contributed by atoms with Gasteiger partial charge in [0.05, 0.1) is 0 Å². The van der Waals surface area contributed by atoms with Crippen LogP contribution in [0.4, 0.5) is 0 Å². The smallest absolute Gasteiger partial charge is 0.0429 e. The highest BCUT2D eigenvalue weighted by molar-refractivity contribution is 6.31. The van der Waals surface area contributed by atoms with Gasteiger partial charge in [-0.3, -0.25) is 0 Å². The highest BCUT2D eigenvalue weighted by Gasteiger charge is 1.88. The minimum absolute atomic E-state index is 0.683. The van der Waals surface area contributed by atoms with Gasteiger partial charge in [-0.25, -0.2) is 0 Å². The molecule has 0 spiro atoms. The Balaban J connectivity index is 3.81. The number of allylic oxidation sites excluding steroid dienone is 6. The van der Waals surface area contributed by atoms with Crippen LogP contribution in [0.25, 0.3) is 0 Å². The minimum Gasteiger partial charge on any atom is -0.403 e. The predicted molar refractivity (Wildman–Crippen MR) is 60.5 cm³/mol. The molecule has 0 aromatic heterocycles. The fraction of sp³-hybridized carbons (Fsp3) is 0.273. The lowest BCUT2D eigenvalue weighted by Gasteiger charge is -1.93. The Morgan fingerprint density at radius 1 is 1.46 bits per heavy atom. The standard InChI is InChI=1S/C11H16ClN/c1-9(2)11(12)8-6-4-5-7-10(3)13/h4,6,8H,1,3,5,7,13H2,2H3/b6-4+,11-8+. The van der Waals surface area contributed by atoms with Crippen LogP contribution >= 0.6 is 11.6 Å². The number of rotatable bonds is 5. The van der Waals surface area contributed by atoms with E-state index >= 15 is 0 Å². The van der Waals surface area contributed by atoms with Crippen LogP contribution in [0.1, 0.15) is 19.8 Å². The van der Waals surface area contributed by atoms with Crippen LogP contribution in [-0.4, -0.2) is 0 Å². The van der Waals surface area contributed by atoms with E-state index in [2.05, 4.69) is 13.2 Å². The van der Waals surface area contributed by atoms with Crippen molar-refractivity contribution in [2.24, 2.45) is 5.73 Å². The normalized spacial score (nSPS) is 12.0. The molecule has 2 N–H and O–H groups in total. The third kappa shape index (κ3) is 7.41. The first kappa shape index (κ1) is 12.0. The average Bonchev–Trinajstić information content (AvgIpc) is 2.02. The summed E-state index contributed by atoms with van der Waals surface area (Å²) in [5, 5.41) is 0.683. The van der Waals surface area contributed by atoms with Gasteiger partial charge >= 0.3 is 0 Å². The van der Waals surface area contributed by atoms with Crippen molar-refractivity contribution in [2.75, 3.05) is 0 Å². The number of halogens is 1. The van der Waals surface area contributed by atoms with Crippen LogP contribution in [0.5, 0.6) is 0 Å². The van der Waals surface area contributed by atoms with Gasteiger partial charge in [0.25, 0.3) is 0 Å². The van der Waals surface area contributed by atoms with Crippen LogP contribution < -0.4 is 5.73 Å². The second kappa shape index (κ2) is 6.55. The molecule has 0 saturated heterocycles. The molecule has 0 bridgehead atoms. The summed E-state index contributed by atoms with van der Waals surface area (Å²) in [5.41, 5.74) is 6.98. The molecule has 0 unspecified atom stereocenters. The van der Waals surface area contributed by atoms with Crippen LogP contribution in [-0.2, 0) is 0 Å². The molecule has 72 valence electrons. The van der Waals surface area contributed by atoms with Gasteiger partial charge in [-0.15, -0.1) is 0 Å². The molecule has 1 nitrogen and oxygen atoms in total. The topological polar surface area (TPSA) is 26.0 Å². The molecule has 0 aromatic rings. The maximum Gasteiger partial charge on any atom is 0.0429 e. The molecular weight excluding hydrogens is 182 g/mol. The molecule has 0 fully saturated rings. The van der Waals surface area contributed by atoms with E-state index in [-0.39, 0.29) is 0 Å². The Kier molecular flexibility index (Phi) is 6.07. The van der Waals surface area contributed by atoms with Crippen LogP contribution in [0, 0.1) is 0 Å². The Bertz CT molecular complexity index is 249. The Labute approximate surface area is 85.3 Å². The summed E-state index contributed by atoms with van der Waals surface area (Å²) < 4.78 is 0. The summed E-state index contributed by atoms with van der Waals surface area (Å²) >= 11 is 5.83. The first-order valence-corrected chi connectivity index (χ1v) is 4.53. The van der Waals surface area contributed by atoms with Crippen molar-refractivity contribution in [3.63, 3.8) is 0 Å². The third-order valence-corrected chi connectivity index (χ3v) is 1.87. The summed E-state index contributed by atoms with van der Waals surface area (Å²) in [6.07, 6.45) is 7.44. The summed E-state index contributed by atoms with van der Waals surface area (Å²) in [6, 6.07) is 0. The van der Waals surface area contributed by atoms with Crippen molar-refractivity contribution >= 4 is 11.6 Å². The highest BCUT2D eigenvalue weighted by Crippen LogP contribution is 2.11. The highest BCUT2D eigenvalue weighted by atomic mass is 35.5. The van der Waals surface area contributed by atoms with Gasteiger partial charge in [-0.2, -0.15) is 0 Å². The van der Waals surface area contributed by atoms with E-state index in [1.807, 2.05) is 25.2 Å². The van der Waals surface area contributed by atoms with Gasteiger partial charge in [0.15, 0.2) is 0 Å². The van der Waals surface area contributed by atoms with Crippen molar-refractivity contribution in [2.45, 2.75) is 19.8 Å². The second-order valence-corrected chi connectivity index (χ2v) is 3.33. The second-order valence-electron chi connectivity index (χ2n) is 2.92. The van der Waals surface area contributed by atoms with Gasteiger partial charge in [0.2, 0.25) is 0 Å². The molecule has 2 heteroatoms. The Morgan fingerprint density at radius 3 is 2.54 bits per heavy atom. The molecule has 0 aliphatic rings. The van der Waals surface area contributed by atoms with Gasteiger partial charge in [0, 0.05) is 10.7 Å². The van der Waals surface area contributed by atoms with Crippen LogP contribution in [0.3, 0.4) is 0 Å². The molecule has 0 atom stereocenters. The molecule has 0 aliphatic carbocycles. The molecule has 13 heavy (non-hydrogen) atoms. The van der Waals surface area contributed by atoms with Crippen molar-refractivity contribution in [3.05, 3.63) is 47.7 Å². The van der Waals surface area contributed by atoms with E-state index in [0.717, 1.165) is 18.4 Å². The number of hydrogen-bond acceptors (Lipinski definition) is 1. The van der Waals surface area contributed by atoms with Gasteiger partial charge in [0.1, 0.15) is 0 Å². The molecular formula is C11H16ClN. The lowest BCUT2D eigenvalue weighted by molar-refractivity contribution is 0.966. The van der Waals surface area contributed by atoms with E-state index in [1.54, 1.807) is 0 Å².